The molecule has 1 aromatic carbocycles. The summed E-state index contributed by atoms with van der Waals surface area (Å²) >= 11 is 0. The van der Waals surface area contributed by atoms with E-state index < -0.39 is 0 Å². The zero-order valence-corrected chi connectivity index (χ0v) is 12.9. The van der Waals surface area contributed by atoms with Crippen molar-refractivity contribution in [3.05, 3.63) is 23.8 Å². The van der Waals surface area contributed by atoms with Crippen molar-refractivity contribution in [3.63, 3.8) is 0 Å². The van der Waals surface area contributed by atoms with Crippen molar-refractivity contribution in [1.82, 2.24) is 4.90 Å². The summed E-state index contributed by atoms with van der Waals surface area (Å²) in [4.78, 5) is 13.9. The summed E-state index contributed by atoms with van der Waals surface area (Å²) < 4.78 is 15.9. The Kier molecular flexibility index (Phi) is 5.44. The molecule has 0 radical (unpaired) electrons. The van der Waals surface area contributed by atoms with E-state index >= 15 is 0 Å². The van der Waals surface area contributed by atoms with Crippen molar-refractivity contribution >= 4 is 5.97 Å². The highest BCUT2D eigenvalue weighted by Crippen LogP contribution is 2.29. The predicted molar refractivity (Wildman–Crippen MR) is 80.0 cm³/mol. The van der Waals surface area contributed by atoms with Crippen LogP contribution in [0.3, 0.4) is 0 Å². The molecule has 1 heterocycles. The normalized spacial score (nSPS) is 16.5. The molecular weight excluding hydrogens is 270 g/mol. The van der Waals surface area contributed by atoms with E-state index in [2.05, 4.69) is 11.9 Å². The molecule has 0 bridgehead atoms. The number of carbonyl (C=O) groups is 1. The topological polar surface area (TPSA) is 48.0 Å². The SMILES string of the molecule is COC(=O)c1ccc(OC)c(OCC2CCN(C)CC2)c1. The van der Waals surface area contributed by atoms with E-state index in [1.54, 1.807) is 25.3 Å². The van der Waals surface area contributed by atoms with Gasteiger partial charge in [-0.2, -0.15) is 0 Å². The average Bonchev–Trinajstić information content (AvgIpc) is 2.53. The van der Waals surface area contributed by atoms with E-state index in [4.69, 9.17) is 14.2 Å². The van der Waals surface area contributed by atoms with Crippen LogP contribution in [-0.2, 0) is 4.74 Å². The lowest BCUT2D eigenvalue weighted by molar-refractivity contribution is 0.0600. The molecule has 5 heteroatoms. The molecule has 1 aromatic rings. The minimum absolute atomic E-state index is 0.373. The van der Waals surface area contributed by atoms with Gasteiger partial charge in [0.15, 0.2) is 11.5 Å². The minimum atomic E-state index is -0.373. The molecule has 1 fully saturated rings. The highest BCUT2D eigenvalue weighted by molar-refractivity contribution is 5.90. The average molecular weight is 293 g/mol. The maximum absolute atomic E-state index is 11.6. The summed E-state index contributed by atoms with van der Waals surface area (Å²) in [5.41, 5.74) is 0.469. The van der Waals surface area contributed by atoms with Crippen LogP contribution in [0.2, 0.25) is 0 Å². The fourth-order valence-corrected chi connectivity index (χ4v) is 2.47. The number of benzene rings is 1. The molecule has 0 atom stereocenters. The summed E-state index contributed by atoms with van der Waals surface area (Å²) in [5, 5.41) is 0. The first-order chi connectivity index (χ1) is 10.1. The Balaban J connectivity index is 2.02. The van der Waals surface area contributed by atoms with Gasteiger partial charge in [-0.3, -0.25) is 0 Å². The van der Waals surface area contributed by atoms with Gasteiger partial charge in [0.25, 0.3) is 0 Å². The van der Waals surface area contributed by atoms with Crippen LogP contribution >= 0.6 is 0 Å². The molecule has 1 aliphatic rings. The second-order valence-electron chi connectivity index (χ2n) is 5.41. The minimum Gasteiger partial charge on any atom is -0.493 e. The predicted octanol–water partition coefficient (Wildman–Crippen LogP) is 2.20. The first-order valence-electron chi connectivity index (χ1n) is 7.21. The lowest BCUT2D eigenvalue weighted by atomic mass is 9.98. The molecule has 0 unspecified atom stereocenters. The van der Waals surface area contributed by atoms with Crippen LogP contribution in [0.25, 0.3) is 0 Å². The summed E-state index contributed by atoms with van der Waals surface area (Å²) in [6.07, 6.45) is 2.27. The number of nitrogens with zero attached hydrogens (tertiary/aromatic N) is 1. The molecule has 116 valence electrons. The van der Waals surface area contributed by atoms with E-state index in [1.807, 2.05) is 0 Å². The van der Waals surface area contributed by atoms with Gasteiger partial charge in [0.05, 0.1) is 26.4 Å². The van der Waals surface area contributed by atoms with Crippen molar-refractivity contribution in [3.8, 4) is 11.5 Å². The Morgan fingerprint density at radius 1 is 1.24 bits per heavy atom. The first kappa shape index (κ1) is 15.6. The lowest BCUT2D eigenvalue weighted by Gasteiger charge is -2.28. The number of esters is 1. The number of carbonyl (C=O) groups excluding carboxylic acids is 1. The van der Waals surface area contributed by atoms with E-state index in [0.717, 1.165) is 25.9 Å². The van der Waals surface area contributed by atoms with Gasteiger partial charge in [0, 0.05) is 0 Å². The fourth-order valence-electron chi connectivity index (χ4n) is 2.47. The van der Waals surface area contributed by atoms with Crippen LogP contribution in [0, 0.1) is 5.92 Å². The van der Waals surface area contributed by atoms with Gasteiger partial charge in [0.2, 0.25) is 0 Å². The quantitative estimate of drug-likeness (QED) is 0.779. The molecule has 2 rings (SSSR count). The fraction of sp³-hybridized carbons (Fsp3) is 0.562. The van der Waals surface area contributed by atoms with Crippen LogP contribution < -0.4 is 9.47 Å². The number of methoxy groups -OCH3 is 2. The highest BCUT2D eigenvalue weighted by atomic mass is 16.5. The Labute approximate surface area is 125 Å². The maximum Gasteiger partial charge on any atom is 0.337 e. The Morgan fingerprint density at radius 3 is 2.57 bits per heavy atom. The zero-order chi connectivity index (χ0) is 15.2. The second kappa shape index (κ2) is 7.31. The third-order valence-corrected chi connectivity index (χ3v) is 3.90. The Hall–Kier alpha value is -1.75. The summed E-state index contributed by atoms with van der Waals surface area (Å²) in [6, 6.07) is 5.09. The largest absolute Gasteiger partial charge is 0.493 e. The van der Waals surface area contributed by atoms with E-state index in [9.17, 15) is 4.79 Å². The number of ether oxygens (including phenoxy) is 3. The van der Waals surface area contributed by atoms with Crippen molar-refractivity contribution in [2.75, 3.05) is 41.0 Å². The number of hydrogen-bond acceptors (Lipinski definition) is 5. The van der Waals surface area contributed by atoms with Gasteiger partial charge in [-0.15, -0.1) is 0 Å². The first-order valence-corrected chi connectivity index (χ1v) is 7.21. The third kappa shape index (κ3) is 4.11. The molecule has 1 saturated heterocycles. The number of hydrogen-bond donors (Lipinski definition) is 0. The molecule has 0 N–H and O–H groups in total. The van der Waals surface area contributed by atoms with Gasteiger partial charge >= 0.3 is 5.97 Å². The van der Waals surface area contributed by atoms with Crippen LogP contribution in [0.1, 0.15) is 23.2 Å². The molecule has 0 spiro atoms. The van der Waals surface area contributed by atoms with Gasteiger partial charge in [-0.05, 0) is 57.1 Å². The number of piperidine rings is 1. The van der Waals surface area contributed by atoms with Crippen LogP contribution in [0.4, 0.5) is 0 Å². The molecule has 0 saturated carbocycles. The molecule has 1 aliphatic heterocycles. The molecule has 0 amide bonds. The number of likely N-dealkylation sites (tertiary alicyclic amines) is 1. The highest BCUT2D eigenvalue weighted by Gasteiger charge is 2.18. The van der Waals surface area contributed by atoms with Gasteiger partial charge in [-0.1, -0.05) is 0 Å². The number of rotatable bonds is 5. The van der Waals surface area contributed by atoms with E-state index in [-0.39, 0.29) is 5.97 Å². The molecular formula is C16H23NO4. The van der Waals surface area contributed by atoms with Crippen LogP contribution in [0.15, 0.2) is 18.2 Å². The van der Waals surface area contributed by atoms with Gasteiger partial charge < -0.3 is 19.1 Å². The summed E-state index contributed by atoms with van der Waals surface area (Å²) in [6.45, 7) is 2.86. The summed E-state index contributed by atoms with van der Waals surface area (Å²) in [7, 11) is 5.10. The molecule has 0 aliphatic carbocycles. The second-order valence-corrected chi connectivity index (χ2v) is 5.41. The standard InChI is InChI=1S/C16H23NO4/c1-17-8-6-12(7-9-17)11-21-15-10-13(16(18)20-3)4-5-14(15)19-2/h4-5,10,12H,6-9,11H2,1-3H3. The van der Waals surface area contributed by atoms with Crippen molar-refractivity contribution in [1.29, 1.82) is 0 Å². The van der Waals surface area contributed by atoms with Gasteiger partial charge in [-0.25, -0.2) is 4.79 Å². The Bertz CT molecular complexity index is 481. The molecule has 0 aromatic heterocycles. The maximum atomic E-state index is 11.6. The van der Waals surface area contributed by atoms with Crippen molar-refractivity contribution in [2.24, 2.45) is 5.92 Å². The Morgan fingerprint density at radius 2 is 1.95 bits per heavy atom. The van der Waals surface area contributed by atoms with Crippen molar-refractivity contribution in [2.45, 2.75) is 12.8 Å². The molecule has 21 heavy (non-hydrogen) atoms. The van der Waals surface area contributed by atoms with Crippen LogP contribution in [-0.4, -0.2) is 51.8 Å². The molecule has 5 nitrogen and oxygen atoms in total. The third-order valence-electron chi connectivity index (χ3n) is 3.90. The van der Waals surface area contributed by atoms with Crippen LogP contribution in [0.5, 0.6) is 11.5 Å². The van der Waals surface area contributed by atoms with E-state index in [1.165, 1.54) is 7.11 Å². The lowest BCUT2D eigenvalue weighted by Crippen LogP contribution is -2.32. The van der Waals surface area contributed by atoms with Crippen molar-refractivity contribution < 1.29 is 19.0 Å². The van der Waals surface area contributed by atoms with Gasteiger partial charge in [0.1, 0.15) is 0 Å². The summed E-state index contributed by atoms with van der Waals surface area (Å²) in [5.74, 6) is 1.41. The monoisotopic (exact) mass is 293 g/mol. The smallest absolute Gasteiger partial charge is 0.337 e. The van der Waals surface area contributed by atoms with E-state index in [0.29, 0.717) is 29.6 Å². The zero-order valence-electron chi connectivity index (χ0n) is 12.9.